The zero-order chi connectivity index (χ0) is 21.0. The molecule has 156 valence electrons. The Morgan fingerprint density at radius 3 is 2.34 bits per heavy atom. The van der Waals surface area contributed by atoms with Crippen molar-refractivity contribution in [2.75, 3.05) is 6.61 Å². The molecule has 2 aromatic carbocycles. The van der Waals surface area contributed by atoms with Crippen LogP contribution in [-0.2, 0) is 11.2 Å². The number of Topliss-reactive ketones (excluding diaryl/α,β-unsaturated/α-hetero) is 1. The number of benzene rings is 2. The fourth-order valence-electron chi connectivity index (χ4n) is 3.14. The molecule has 2 aromatic rings. The molecule has 1 fully saturated rings. The summed E-state index contributed by atoms with van der Waals surface area (Å²) in [6.45, 7) is -0.571. The first-order valence-electron chi connectivity index (χ1n) is 9.28. The van der Waals surface area contributed by atoms with Gasteiger partial charge in [0.25, 0.3) is 0 Å². The molecule has 0 aromatic heterocycles. The van der Waals surface area contributed by atoms with Gasteiger partial charge in [-0.05, 0) is 36.2 Å². The molecule has 0 saturated carbocycles. The number of aromatic hydroxyl groups is 1. The molecule has 5 N–H and O–H groups in total. The summed E-state index contributed by atoms with van der Waals surface area (Å²) >= 11 is 0. The van der Waals surface area contributed by atoms with Gasteiger partial charge in [0.15, 0.2) is 5.78 Å². The number of phenols is 1. The number of carbonyl (C=O) groups is 1. The van der Waals surface area contributed by atoms with Crippen LogP contribution < -0.4 is 4.74 Å². The SMILES string of the molecule is O=C(CCc1ccc(O)cc1)c1ccccc1O[C@@H]1O[C@H](CO)[C@@H](O)[C@H](O)[C@H]1O. The van der Waals surface area contributed by atoms with Crippen LogP contribution in [0.1, 0.15) is 22.3 Å². The highest BCUT2D eigenvalue weighted by atomic mass is 16.7. The number of aliphatic hydroxyl groups is 4. The van der Waals surface area contributed by atoms with Gasteiger partial charge in [0.05, 0.1) is 12.2 Å². The van der Waals surface area contributed by atoms with Crippen molar-refractivity contribution >= 4 is 5.78 Å². The van der Waals surface area contributed by atoms with Crippen LogP contribution in [0.4, 0.5) is 0 Å². The van der Waals surface area contributed by atoms with E-state index in [1.807, 2.05) is 0 Å². The molecule has 0 aliphatic carbocycles. The molecule has 1 aliphatic rings. The lowest BCUT2D eigenvalue weighted by molar-refractivity contribution is -0.277. The highest BCUT2D eigenvalue weighted by Gasteiger charge is 2.44. The van der Waals surface area contributed by atoms with E-state index in [1.165, 1.54) is 6.07 Å². The van der Waals surface area contributed by atoms with Gasteiger partial charge in [0.2, 0.25) is 6.29 Å². The molecular weight excluding hydrogens is 380 g/mol. The van der Waals surface area contributed by atoms with Crippen LogP contribution in [0.3, 0.4) is 0 Å². The molecular formula is C21H24O8. The number of aryl methyl sites for hydroxylation is 1. The van der Waals surface area contributed by atoms with E-state index in [2.05, 4.69) is 0 Å². The maximum absolute atomic E-state index is 12.7. The average molecular weight is 404 g/mol. The summed E-state index contributed by atoms with van der Waals surface area (Å²) in [5, 5.41) is 48.5. The number of ether oxygens (including phenoxy) is 2. The average Bonchev–Trinajstić information content (AvgIpc) is 2.74. The maximum Gasteiger partial charge on any atom is 0.229 e. The van der Waals surface area contributed by atoms with E-state index >= 15 is 0 Å². The third kappa shape index (κ3) is 4.92. The van der Waals surface area contributed by atoms with Crippen molar-refractivity contribution in [2.24, 2.45) is 0 Å². The topological polar surface area (TPSA) is 137 Å². The van der Waals surface area contributed by atoms with Crippen LogP contribution in [0.25, 0.3) is 0 Å². The summed E-state index contributed by atoms with van der Waals surface area (Å²) in [6.07, 6.45) is -6.42. The van der Waals surface area contributed by atoms with Gasteiger partial charge < -0.3 is 35.0 Å². The van der Waals surface area contributed by atoms with Crippen LogP contribution in [0.15, 0.2) is 48.5 Å². The van der Waals surface area contributed by atoms with Gasteiger partial charge in [-0.3, -0.25) is 4.79 Å². The number of hydrogen-bond acceptors (Lipinski definition) is 8. The predicted octanol–water partition coefficient (Wildman–Crippen LogP) is 0.386. The molecule has 0 spiro atoms. The van der Waals surface area contributed by atoms with Crippen molar-refractivity contribution < 1.29 is 39.8 Å². The Bertz CT molecular complexity index is 820. The lowest BCUT2D eigenvalue weighted by Gasteiger charge is -2.39. The van der Waals surface area contributed by atoms with Crippen LogP contribution in [0.2, 0.25) is 0 Å². The van der Waals surface area contributed by atoms with E-state index in [-0.39, 0.29) is 29.3 Å². The fraction of sp³-hybridized carbons (Fsp3) is 0.381. The molecule has 0 bridgehead atoms. The minimum Gasteiger partial charge on any atom is -0.508 e. The molecule has 1 heterocycles. The number of hydrogen-bond donors (Lipinski definition) is 5. The molecule has 5 atom stereocenters. The van der Waals surface area contributed by atoms with E-state index in [4.69, 9.17) is 9.47 Å². The first kappa shape index (κ1) is 21.2. The summed E-state index contributed by atoms with van der Waals surface area (Å²) in [6, 6.07) is 13.0. The van der Waals surface area contributed by atoms with Gasteiger partial charge in [-0.25, -0.2) is 0 Å². The number of aliphatic hydroxyl groups excluding tert-OH is 4. The van der Waals surface area contributed by atoms with E-state index < -0.39 is 37.3 Å². The van der Waals surface area contributed by atoms with Crippen molar-refractivity contribution in [3.05, 3.63) is 59.7 Å². The van der Waals surface area contributed by atoms with Gasteiger partial charge in [-0.15, -0.1) is 0 Å². The molecule has 3 rings (SSSR count). The zero-order valence-electron chi connectivity index (χ0n) is 15.6. The molecule has 1 saturated heterocycles. The molecule has 8 nitrogen and oxygen atoms in total. The van der Waals surface area contributed by atoms with E-state index in [0.29, 0.717) is 6.42 Å². The Kier molecular flexibility index (Phi) is 6.83. The highest BCUT2D eigenvalue weighted by Crippen LogP contribution is 2.27. The summed E-state index contributed by atoms with van der Waals surface area (Å²) < 4.78 is 11.0. The normalized spacial score (nSPS) is 26.8. The Morgan fingerprint density at radius 2 is 1.66 bits per heavy atom. The Morgan fingerprint density at radius 1 is 0.966 bits per heavy atom. The van der Waals surface area contributed by atoms with Crippen molar-refractivity contribution in [1.82, 2.24) is 0 Å². The number of carbonyl (C=O) groups excluding carboxylic acids is 1. The number of ketones is 1. The molecule has 0 amide bonds. The largest absolute Gasteiger partial charge is 0.508 e. The quantitative estimate of drug-likeness (QED) is 0.418. The first-order valence-corrected chi connectivity index (χ1v) is 9.28. The number of para-hydroxylation sites is 1. The standard InChI is InChI=1S/C21H24O8/c22-11-17-18(25)19(26)20(27)21(29-17)28-16-4-2-1-3-14(16)15(24)10-7-12-5-8-13(23)9-6-12/h1-6,8-9,17-23,25-27H,7,10-11H2/t17-,18-,19+,20-,21-/m1/s1. The Labute approximate surface area is 167 Å². The van der Waals surface area contributed by atoms with Gasteiger partial charge in [0.1, 0.15) is 35.9 Å². The summed E-state index contributed by atoms with van der Waals surface area (Å²) in [7, 11) is 0. The highest BCUT2D eigenvalue weighted by molar-refractivity contribution is 5.98. The molecule has 1 aliphatic heterocycles. The molecule has 29 heavy (non-hydrogen) atoms. The monoisotopic (exact) mass is 404 g/mol. The molecule has 0 radical (unpaired) electrons. The number of phenolic OH excluding ortho intramolecular Hbond substituents is 1. The minimum absolute atomic E-state index is 0.151. The summed E-state index contributed by atoms with van der Waals surface area (Å²) in [5.74, 6) is 0.115. The summed E-state index contributed by atoms with van der Waals surface area (Å²) in [5.41, 5.74) is 1.17. The van der Waals surface area contributed by atoms with E-state index in [0.717, 1.165) is 5.56 Å². The van der Waals surface area contributed by atoms with Gasteiger partial charge in [0, 0.05) is 6.42 Å². The second-order valence-corrected chi connectivity index (χ2v) is 6.90. The number of rotatable bonds is 7. The second kappa shape index (κ2) is 9.34. The Balaban J connectivity index is 1.71. The lowest BCUT2D eigenvalue weighted by atomic mass is 9.99. The van der Waals surface area contributed by atoms with E-state index in [9.17, 15) is 30.3 Å². The lowest BCUT2D eigenvalue weighted by Crippen LogP contribution is -2.60. The summed E-state index contributed by atoms with van der Waals surface area (Å²) in [4.78, 5) is 12.7. The van der Waals surface area contributed by atoms with Gasteiger partial charge >= 0.3 is 0 Å². The van der Waals surface area contributed by atoms with E-state index in [1.54, 1.807) is 42.5 Å². The van der Waals surface area contributed by atoms with Crippen LogP contribution >= 0.6 is 0 Å². The first-order chi connectivity index (χ1) is 13.9. The smallest absolute Gasteiger partial charge is 0.229 e. The van der Waals surface area contributed by atoms with Crippen LogP contribution in [-0.4, -0.2) is 68.6 Å². The van der Waals surface area contributed by atoms with Crippen molar-refractivity contribution in [3.8, 4) is 11.5 Å². The van der Waals surface area contributed by atoms with Crippen molar-refractivity contribution in [2.45, 2.75) is 43.5 Å². The van der Waals surface area contributed by atoms with Crippen molar-refractivity contribution in [3.63, 3.8) is 0 Å². The third-order valence-corrected chi connectivity index (χ3v) is 4.86. The van der Waals surface area contributed by atoms with Gasteiger partial charge in [-0.1, -0.05) is 24.3 Å². The molecule has 8 heteroatoms. The third-order valence-electron chi connectivity index (χ3n) is 4.86. The second-order valence-electron chi connectivity index (χ2n) is 6.90. The van der Waals surface area contributed by atoms with Crippen LogP contribution in [0.5, 0.6) is 11.5 Å². The van der Waals surface area contributed by atoms with Crippen molar-refractivity contribution in [1.29, 1.82) is 0 Å². The Hall–Kier alpha value is -2.49. The van der Waals surface area contributed by atoms with Crippen LogP contribution in [0, 0.1) is 0 Å². The molecule has 0 unspecified atom stereocenters. The fourth-order valence-corrected chi connectivity index (χ4v) is 3.14. The zero-order valence-corrected chi connectivity index (χ0v) is 15.6. The predicted molar refractivity (Wildman–Crippen MR) is 102 cm³/mol. The van der Waals surface area contributed by atoms with Gasteiger partial charge in [-0.2, -0.15) is 0 Å². The maximum atomic E-state index is 12.7. The minimum atomic E-state index is -1.57.